The van der Waals surface area contributed by atoms with E-state index >= 15 is 0 Å². The van der Waals surface area contributed by atoms with Gasteiger partial charge in [-0.1, -0.05) is 12.7 Å². The van der Waals surface area contributed by atoms with Crippen molar-refractivity contribution in [3.8, 4) is 0 Å². The summed E-state index contributed by atoms with van der Waals surface area (Å²) in [5, 5.41) is 0. The number of hydrogen-bond acceptors (Lipinski definition) is 1. The van der Waals surface area contributed by atoms with Crippen LogP contribution in [-0.4, -0.2) is 11.9 Å². The highest BCUT2D eigenvalue weighted by Crippen LogP contribution is 2.30. The average Bonchev–Trinajstić information content (AvgIpc) is 2.28. The first-order valence-corrected chi connectivity index (χ1v) is 5.59. The van der Waals surface area contributed by atoms with Gasteiger partial charge in [-0.2, -0.15) is 0 Å². The van der Waals surface area contributed by atoms with Gasteiger partial charge in [0.25, 0.3) is 0 Å². The largest absolute Gasteiger partial charge is 0.344 e. The minimum atomic E-state index is -0.198. The third kappa shape index (κ3) is 2.03. The molecule has 0 radical (unpaired) electrons. The fraction of sp³-hybridized carbons (Fsp3) is 0.200. The lowest BCUT2D eigenvalue weighted by Crippen LogP contribution is -2.19. The average molecular weight is 229 g/mol. The summed E-state index contributed by atoms with van der Waals surface area (Å²) >= 11 is 0. The first kappa shape index (κ1) is 11.6. The number of hydrogen-bond donors (Lipinski definition) is 0. The van der Waals surface area contributed by atoms with Gasteiger partial charge in [-0.25, -0.2) is 4.39 Å². The molecule has 2 rings (SSSR count). The van der Waals surface area contributed by atoms with Crippen LogP contribution in [0.2, 0.25) is 0 Å². The van der Waals surface area contributed by atoms with Crippen LogP contribution in [-0.2, 0) is 0 Å². The van der Waals surface area contributed by atoms with E-state index in [-0.39, 0.29) is 5.82 Å². The van der Waals surface area contributed by atoms with Gasteiger partial charge in [-0.05, 0) is 49.3 Å². The van der Waals surface area contributed by atoms with E-state index in [9.17, 15) is 4.39 Å². The van der Waals surface area contributed by atoms with E-state index in [1.54, 1.807) is 6.07 Å². The van der Waals surface area contributed by atoms with Crippen molar-refractivity contribution in [2.45, 2.75) is 13.8 Å². The number of rotatable bonds is 1. The van der Waals surface area contributed by atoms with Gasteiger partial charge in [-0.3, -0.25) is 0 Å². The number of aryl methyl sites for hydroxylation is 1. The third-order valence-corrected chi connectivity index (χ3v) is 3.18. The van der Waals surface area contributed by atoms with Crippen molar-refractivity contribution in [1.82, 2.24) is 4.90 Å². The summed E-state index contributed by atoms with van der Waals surface area (Å²) < 4.78 is 13.1. The van der Waals surface area contributed by atoms with Crippen LogP contribution < -0.4 is 0 Å². The Labute approximate surface area is 102 Å². The zero-order valence-corrected chi connectivity index (χ0v) is 10.4. The molecule has 0 spiro atoms. The molecule has 1 aromatic rings. The second-order valence-corrected chi connectivity index (χ2v) is 4.37. The van der Waals surface area contributed by atoms with Crippen LogP contribution in [0.4, 0.5) is 4.39 Å². The van der Waals surface area contributed by atoms with Crippen molar-refractivity contribution >= 4 is 5.70 Å². The fourth-order valence-electron chi connectivity index (χ4n) is 2.01. The summed E-state index contributed by atoms with van der Waals surface area (Å²) in [5.41, 5.74) is 5.16. The van der Waals surface area contributed by atoms with E-state index in [1.165, 1.54) is 6.07 Å². The quantitative estimate of drug-likeness (QED) is 0.706. The summed E-state index contributed by atoms with van der Waals surface area (Å²) in [6, 6.07) is 4.86. The van der Waals surface area contributed by atoms with E-state index in [0.717, 1.165) is 28.1 Å². The topological polar surface area (TPSA) is 3.24 Å². The highest BCUT2D eigenvalue weighted by Gasteiger charge is 2.16. The predicted octanol–water partition coefficient (Wildman–Crippen LogP) is 3.88. The van der Waals surface area contributed by atoms with Crippen LogP contribution in [0.5, 0.6) is 0 Å². The molecule has 1 heterocycles. The Hall–Kier alpha value is -1.83. The van der Waals surface area contributed by atoms with Crippen LogP contribution in [0.3, 0.4) is 0 Å². The molecule has 1 aromatic carbocycles. The molecule has 0 aromatic heterocycles. The van der Waals surface area contributed by atoms with Gasteiger partial charge in [0, 0.05) is 24.0 Å². The van der Waals surface area contributed by atoms with E-state index in [1.807, 2.05) is 44.0 Å². The first-order valence-electron chi connectivity index (χ1n) is 5.59. The van der Waals surface area contributed by atoms with Crippen molar-refractivity contribution in [2.75, 3.05) is 7.05 Å². The molecule has 0 N–H and O–H groups in total. The Morgan fingerprint density at radius 2 is 1.88 bits per heavy atom. The van der Waals surface area contributed by atoms with E-state index in [4.69, 9.17) is 0 Å². The van der Waals surface area contributed by atoms with Crippen molar-refractivity contribution in [3.63, 3.8) is 0 Å². The van der Waals surface area contributed by atoms with E-state index in [2.05, 4.69) is 6.58 Å². The van der Waals surface area contributed by atoms with Crippen molar-refractivity contribution in [1.29, 1.82) is 0 Å². The van der Waals surface area contributed by atoms with Gasteiger partial charge in [0.1, 0.15) is 5.82 Å². The lowest BCUT2D eigenvalue weighted by atomic mass is 10.00. The maximum atomic E-state index is 13.1. The van der Waals surface area contributed by atoms with Gasteiger partial charge >= 0.3 is 0 Å². The number of benzene rings is 1. The van der Waals surface area contributed by atoms with Crippen LogP contribution >= 0.6 is 0 Å². The minimum absolute atomic E-state index is 0.198. The molecule has 0 bridgehead atoms. The summed E-state index contributed by atoms with van der Waals surface area (Å²) in [6.45, 7) is 7.99. The Morgan fingerprint density at radius 1 is 1.18 bits per heavy atom. The summed E-state index contributed by atoms with van der Waals surface area (Å²) in [4.78, 5) is 2.04. The molecule has 17 heavy (non-hydrogen) atoms. The van der Waals surface area contributed by atoms with Crippen LogP contribution in [0.15, 0.2) is 48.2 Å². The first-order chi connectivity index (χ1) is 8.00. The standard InChI is InChI=1S/C15H16FN/c1-10-5-8-15(17(4)12(10)3)14-7-6-13(16)9-11(14)2/h5-9H,3H2,1-2,4H3. The molecule has 0 fully saturated rings. The van der Waals surface area contributed by atoms with Crippen LogP contribution in [0.1, 0.15) is 18.1 Å². The van der Waals surface area contributed by atoms with Crippen LogP contribution in [0, 0.1) is 12.7 Å². The van der Waals surface area contributed by atoms with Gasteiger partial charge in [0.15, 0.2) is 0 Å². The maximum absolute atomic E-state index is 13.1. The molecule has 2 heteroatoms. The minimum Gasteiger partial charge on any atom is -0.344 e. The zero-order valence-electron chi connectivity index (χ0n) is 10.4. The lowest BCUT2D eigenvalue weighted by Gasteiger charge is -2.29. The Bertz CT molecular complexity index is 538. The van der Waals surface area contributed by atoms with Gasteiger partial charge in [0.2, 0.25) is 0 Å². The normalized spacial score (nSPS) is 15.8. The predicted molar refractivity (Wildman–Crippen MR) is 69.8 cm³/mol. The smallest absolute Gasteiger partial charge is 0.123 e. The monoisotopic (exact) mass is 229 g/mol. The highest BCUT2D eigenvalue weighted by atomic mass is 19.1. The van der Waals surface area contributed by atoms with E-state index < -0.39 is 0 Å². The van der Waals surface area contributed by atoms with Gasteiger partial charge in [-0.15, -0.1) is 0 Å². The van der Waals surface area contributed by atoms with Crippen molar-refractivity contribution in [3.05, 3.63) is 65.1 Å². The molecule has 0 amide bonds. The molecule has 0 unspecified atom stereocenters. The molecule has 88 valence electrons. The lowest BCUT2D eigenvalue weighted by molar-refractivity contribution is 0.600. The molecule has 1 nitrogen and oxygen atoms in total. The summed E-state index contributed by atoms with van der Waals surface area (Å²) in [7, 11) is 1.98. The molecule has 0 atom stereocenters. The molecular formula is C15H16FN. The second kappa shape index (κ2) is 4.21. The zero-order chi connectivity index (χ0) is 12.6. The number of likely N-dealkylation sites (N-methyl/N-ethyl adjacent to an activating group) is 1. The summed E-state index contributed by atoms with van der Waals surface area (Å²) in [5.74, 6) is -0.198. The molecule has 0 saturated heterocycles. The Kier molecular flexibility index (Phi) is 2.88. The number of nitrogens with zero attached hydrogens (tertiary/aromatic N) is 1. The van der Waals surface area contributed by atoms with Gasteiger partial charge in [0.05, 0.1) is 0 Å². The van der Waals surface area contributed by atoms with Crippen LogP contribution in [0.25, 0.3) is 5.70 Å². The number of allylic oxidation sites excluding steroid dienone is 3. The molecule has 0 saturated carbocycles. The SMILES string of the molecule is C=C1C(C)=CC=C(c2ccc(F)cc2C)N1C. The van der Waals surface area contributed by atoms with Crippen molar-refractivity contribution < 1.29 is 4.39 Å². The third-order valence-electron chi connectivity index (χ3n) is 3.18. The molecule has 1 aliphatic heterocycles. The highest BCUT2D eigenvalue weighted by molar-refractivity contribution is 5.72. The maximum Gasteiger partial charge on any atom is 0.123 e. The number of halogens is 1. The molecule has 1 aliphatic rings. The Balaban J connectivity index is 2.51. The van der Waals surface area contributed by atoms with Crippen molar-refractivity contribution in [2.24, 2.45) is 0 Å². The molecule has 0 aliphatic carbocycles. The summed E-state index contributed by atoms with van der Waals surface area (Å²) in [6.07, 6.45) is 4.09. The molecular weight excluding hydrogens is 213 g/mol. The second-order valence-electron chi connectivity index (χ2n) is 4.37. The Morgan fingerprint density at radius 3 is 2.53 bits per heavy atom. The fourth-order valence-corrected chi connectivity index (χ4v) is 2.01. The van der Waals surface area contributed by atoms with E-state index in [0.29, 0.717) is 0 Å². The van der Waals surface area contributed by atoms with Gasteiger partial charge < -0.3 is 4.90 Å².